The molecular weight excluding hydrogens is 286 g/mol. The Morgan fingerprint density at radius 1 is 1.43 bits per heavy atom. The maximum Gasteiger partial charge on any atom is 0.125 e. The number of ether oxygens (including phenoxy) is 2. The van der Waals surface area contributed by atoms with Crippen LogP contribution in [0.3, 0.4) is 0 Å². The van der Waals surface area contributed by atoms with E-state index in [0.717, 1.165) is 36.6 Å². The maximum atomic E-state index is 6.25. The van der Waals surface area contributed by atoms with Crippen molar-refractivity contribution in [1.82, 2.24) is 5.32 Å². The highest BCUT2D eigenvalue weighted by molar-refractivity contribution is 6.30. The number of rotatable bonds is 6. The molecule has 2 aliphatic rings. The molecule has 1 heterocycles. The third-order valence-corrected chi connectivity index (χ3v) is 5.23. The van der Waals surface area contributed by atoms with Crippen molar-refractivity contribution in [2.75, 3.05) is 20.8 Å². The molecule has 21 heavy (non-hydrogen) atoms. The summed E-state index contributed by atoms with van der Waals surface area (Å²) in [6.45, 7) is 0.773. The fourth-order valence-electron chi connectivity index (χ4n) is 3.55. The lowest BCUT2D eigenvalue weighted by Crippen LogP contribution is -2.45. The Kier molecular flexibility index (Phi) is 4.43. The quantitative estimate of drug-likeness (QED) is 0.874. The third kappa shape index (κ3) is 3.05. The molecule has 4 heteroatoms. The van der Waals surface area contributed by atoms with Gasteiger partial charge in [0.1, 0.15) is 5.75 Å². The highest BCUT2D eigenvalue weighted by Gasteiger charge is 2.39. The summed E-state index contributed by atoms with van der Waals surface area (Å²) in [7, 11) is 3.87. The van der Waals surface area contributed by atoms with Gasteiger partial charge in [-0.15, -0.1) is 0 Å². The average Bonchev–Trinajstić information content (AvgIpc) is 2.89. The van der Waals surface area contributed by atoms with Crippen molar-refractivity contribution < 1.29 is 9.47 Å². The molecule has 1 saturated carbocycles. The van der Waals surface area contributed by atoms with Crippen molar-refractivity contribution >= 4 is 11.6 Å². The number of hydrogen-bond donors (Lipinski definition) is 1. The molecule has 1 atom stereocenters. The Morgan fingerprint density at radius 3 is 2.86 bits per heavy atom. The van der Waals surface area contributed by atoms with Crippen LogP contribution in [-0.2, 0) is 17.6 Å². The number of fused-ring (bicyclic) bond motifs is 1. The summed E-state index contributed by atoms with van der Waals surface area (Å²) in [5.74, 6) is 1.06. The lowest BCUT2D eigenvalue weighted by atomic mass is 9.75. The minimum Gasteiger partial charge on any atom is -0.493 e. The number of halogens is 1. The van der Waals surface area contributed by atoms with Gasteiger partial charge in [0.15, 0.2) is 0 Å². The molecule has 0 saturated heterocycles. The molecule has 0 spiro atoms. The lowest BCUT2D eigenvalue weighted by Gasteiger charge is -2.43. The van der Waals surface area contributed by atoms with Crippen LogP contribution >= 0.6 is 11.6 Å². The van der Waals surface area contributed by atoms with Gasteiger partial charge in [-0.2, -0.15) is 0 Å². The molecule has 1 aromatic carbocycles. The molecular formula is C17H24ClNO2. The zero-order valence-corrected chi connectivity index (χ0v) is 13.6. The highest BCUT2D eigenvalue weighted by Crippen LogP contribution is 2.40. The van der Waals surface area contributed by atoms with Gasteiger partial charge in [0.2, 0.25) is 0 Å². The van der Waals surface area contributed by atoms with Gasteiger partial charge >= 0.3 is 0 Å². The van der Waals surface area contributed by atoms with Crippen LogP contribution in [0, 0.1) is 0 Å². The van der Waals surface area contributed by atoms with E-state index in [1.807, 2.05) is 20.2 Å². The molecule has 0 bridgehead atoms. The molecule has 1 unspecified atom stereocenters. The van der Waals surface area contributed by atoms with E-state index in [-0.39, 0.29) is 5.60 Å². The van der Waals surface area contributed by atoms with Gasteiger partial charge in [-0.1, -0.05) is 11.6 Å². The van der Waals surface area contributed by atoms with E-state index in [0.29, 0.717) is 6.04 Å². The van der Waals surface area contributed by atoms with Gasteiger partial charge in [0.25, 0.3) is 0 Å². The first-order chi connectivity index (χ1) is 10.2. The van der Waals surface area contributed by atoms with E-state index in [1.165, 1.54) is 30.4 Å². The molecule has 1 N–H and O–H groups in total. The molecule has 0 amide bonds. The van der Waals surface area contributed by atoms with Gasteiger partial charge in [-0.25, -0.2) is 0 Å². The Morgan fingerprint density at radius 2 is 2.24 bits per heavy atom. The Bertz CT molecular complexity index is 508. The van der Waals surface area contributed by atoms with Crippen LogP contribution in [0.5, 0.6) is 5.75 Å². The fraction of sp³-hybridized carbons (Fsp3) is 0.647. The SMILES string of the molecule is CNC(Cc1cc(Cl)cc2c1OCC2)CC1(OC)CCC1. The molecule has 1 aromatic rings. The third-order valence-electron chi connectivity index (χ3n) is 5.02. The van der Waals surface area contributed by atoms with E-state index < -0.39 is 0 Å². The summed E-state index contributed by atoms with van der Waals surface area (Å²) in [5, 5.41) is 4.25. The second-order valence-electron chi connectivity index (χ2n) is 6.29. The number of methoxy groups -OCH3 is 1. The molecule has 1 fully saturated rings. The Hall–Kier alpha value is -0.770. The van der Waals surface area contributed by atoms with Crippen molar-refractivity contribution in [3.05, 3.63) is 28.3 Å². The molecule has 1 aliphatic carbocycles. The lowest BCUT2D eigenvalue weighted by molar-refractivity contribution is -0.0830. The number of hydrogen-bond acceptors (Lipinski definition) is 3. The van der Waals surface area contributed by atoms with E-state index >= 15 is 0 Å². The largest absolute Gasteiger partial charge is 0.493 e. The van der Waals surface area contributed by atoms with Crippen LogP contribution in [0.25, 0.3) is 0 Å². The monoisotopic (exact) mass is 309 g/mol. The summed E-state index contributed by atoms with van der Waals surface area (Å²) >= 11 is 6.25. The summed E-state index contributed by atoms with van der Waals surface area (Å²) in [5.41, 5.74) is 2.55. The topological polar surface area (TPSA) is 30.5 Å². The van der Waals surface area contributed by atoms with Gasteiger partial charge in [-0.05, 0) is 62.4 Å². The fourth-order valence-corrected chi connectivity index (χ4v) is 3.81. The summed E-state index contributed by atoms with van der Waals surface area (Å²) < 4.78 is 11.6. The molecule has 3 rings (SSSR count). The predicted molar refractivity (Wildman–Crippen MR) is 85.4 cm³/mol. The second-order valence-corrected chi connectivity index (χ2v) is 6.72. The van der Waals surface area contributed by atoms with Crippen LogP contribution in [0.4, 0.5) is 0 Å². The van der Waals surface area contributed by atoms with Crippen molar-refractivity contribution in [2.45, 2.75) is 50.2 Å². The van der Waals surface area contributed by atoms with Gasteiger partial charge in [0.05, 0.1) is 12.2 Å². The Balaban J connectivity index is 1.75. The molecule has 0 aromatic heterocycles. The summed E-state index contributed by atoms with van der Waals surface area (Å²) in [6, 6.07) is 4.47. The van der Waals surface area contributed by atoms with Crippen molar-refractivity contribution in [3.63, 3.8) is 0 Å². The van der Waals surface area contributed by atoms with Gasteiger partial charge in [-0.3, -0.25) is 0 Å². The van der Waals surface area contributed by atoms with Crippen LogP contribution in [0.2, 0.25) is 5.02 Å². The number of nitrogens with one attached hydrogen (secondary N) is 1. The van der Waals surface area contributed by atoms with Gasteiger partial charge in [0, 0.05) is 24.6 Å². The molecule has 0 radical (unpaired) electrons. The van der Waals surface area contributed by atoms with Crippen molar-refractivity contribution in [1.29, 1.82) is 0 Å². The van der Waals surface area contributed by atoms with Gasteiger partial charge < -0.3 is 14.8 Å². The minimum atomic E-state index is 0.0796. The zero-order valence-electron chi connectivity index (χ0n) is 12.9. The Labute approximate surface area is 132 Å². The van der Waals surface area contributed by atoms with E-state index in [2.05, 4.69) is 11.4 Å². The first-order valence-electron chi connectivity index (χ1n) is 7.82. The predicted octanol–water partition coefficient (Wildman–Crippen LogP) is 3.36. The first-order valence-corrected chi connectivity index (χ1v) is 8.20. The second kappa shape index (κ2) is 6.15. The standard InChI is InChI=1S/C17H24ClNO2/c1-19-15(11-17(20-2)5-3-6-17)10-13-9-14(18)8-12-4-7-21-16(12)13/h8-9,15,19H,3-7,10-11H2,1-2H3. The first kappa shape index (κ1) is 15.1. The van der Waals surface area contributed by atoms with Crippen molar-refractivity contribution in [2.24, 2.45) is 0 Å². The van der Waals surface area contributed by atoms with Crippen molar-refractivity contribution in [3.8, 4) is 5.75 Å². The van der Waals surface area contributed by atoms with E-state index in [1.54, 1.807) is 0 Å². The molecule has 116 valence electrons. The normalized spacial score (nSPS) is 20.5. The van der Waals surface area contributed by atoms with E-state index in [4.69, 9.17) is 21.1 Å². The van der Waals surface area contributed by atoms with Crippen LogP contribution in [0.15, 0.2) is 12.1 Å². The smallest absolute Gasteiger partial charge is 0.125 e. The highest BCUT2D eigenvalue weighted by atomic mass is 35.5. The maximum absolute atomic E-state index is 6.25. The molecule has 3 nitrogen and oxygen atoms in total. The van der Waals surface area contributed by atoms with Crippen LogP contribution in [-0.4, -0.2) is 32.4 Å². The average molecular weight is 310 g/mol. The summed E-state index contributed by atoms with van der Waals surface area (Å²) in [4.78, 5) is 0. The molecule has 1 aliphatic heterocycles. The van der Waals surface area contributed by atoms with Crippen LogP contribution < -0.4 is 10.1 Å². The van der Waals surface area contributed by atoms with Crippen LogP contribution in [0.1, 0.15) is 36.8 Å². The zero-order chi connectivity index (χ0) is 14.9. The number of likely N-dealkylation sites (N-methyl/N-ethyl adjacent to an activating group) is 1. The minimum absolute atomic E-state index is 0.0796. The number of benzene rings is 1. The van der Waals surface area contributed by atoms with E-state index in [9.17, 15) is 0 Å². The summed E-state index contributed by atoms with van der Waals surface area (Å²) in [6.07, 6.45) is 6.57.